The summed E-state index contributed by atoms with van der Waals surface area (Å²) in [6.45, 7) is 7.27. The van der Waals surface area contributed by atoms with E-state index in [1.807, 2.05) is 23.7 Å². The van der Waals surface area contributed by atoms with E-state index in [2.05, 4.69) is 48.0 Å². The minimum absolute atomic E-state index is 0.0341. The molecule has 0 spiro atoms. The maximum absolute atomic E-state index is 12.7. The standard InChI is InChI=1S/C21H26N4O/c1-15(2)17-8-6-16(7-9-17)13-24-12-10-18(14-24)25-20-19(5-4-11-22-20)23(3)21(25)26/h4-9,11,15,18H,10,12-14H2,1-3H3/t18-/m1/s1. The van der Waals surface area contributed by atoms with E-state index in [4.69, 9.17) is 0 Å². The Morgan fingerprint density at radius 1 is 1.19 bits per heavy atom. The van der Waals surface area contributed by atoms with Crippen LogP contribution in [0, 0.1) is 0 Å². The van der Waals surface area contributed by atoms with E-state index in [-0.39, 0.29) is 11.7 Å². The van der Waals surface area contributed by atoms with E-state index in [0.717, 1.165) is 37.2 Å². The predicted molar refractivity (Wildman–Crippen MR) is 104 cm³/mol. The summed E-state index contributed by atoms with van der Waals surface area (Å²) in [6, 6.07) is 13.0. The number of imidazole rings is 1. The van der Waals surface area contributed by atoms with Crippen molar-refractivity contribution in [2.24, 2.45) is 7.05 Å². The monoisotopic (exact) mass is 350 g/mol. The summed E-state index contributed by atoms with van der Waals surface area (Å²) in [4.78, 5) is 19.6. The number of fused-ring (bicyclic) bond motifs is 1. The Labute approximate surface area is 153 Å². The van der Waals surface area contributed by atoms with Crippen molar-refractivity contribution < 1.29 is 0 Å². The number of likely N-dealkylation sites (tertiary alicyclic amines) is 1. The van der Waals surface area contributed by atoms with Crippen molar-refractivity contribution >= 4 is 11.2 Å². The van der Waals surface area contributed by atoms with Crippen molar-refractivity contribution in [2.75, 3.05) is 13.1 Å². The fourth-order valence-electron chi connectivity index (χ4n) is 3.95. The minimum Gasteiger partial charge on any atom is -0.297 e. The van der Waals surface area contributed by atoms with Crippen LogP contribution in [0.4, 0.5) is 0 Å². The molecule has 3 aromatic rings. The molecule has 1 aliphatic heterocycles. The van der Waals surface area contributed by atoms with E-state index in [0.29, 0.717) is 5.92 Å². The molecule has 1 fully saturated rings. The molecule has 3 heterocycles. The molecule has 2 aromatic heterocycles. The Kier molecular flexibility index (Phi) is 4.41. The van der Waals surface area contributed by atoms with Gasteiger partial charge in [-0.2, -0.15) is 0 Å². The van der Waals surface area contributed by atoms with Gasteiger partial charge in [0.25, 0.3) is 0 Å². The molecule has 26 heavy (non-hydrogen) atoms. The molecule has 1 aromatic carbocycles. The highest BCUT2D eigenvalue weighted by molar-refractivity contribution is 5.71. The van der Waals surface area contributed by atoms with Gasteiger partial charge in [-0.15, -0.1) is 0 Å². The van der Waals surface area contributed by atoms with Crippen LogP contribution in [0.15, 0.2) is 47.4 Å². The molecule has 0 radical (unpaired) electrons. The average Bonchev–Trinajstić information content (AvgIpc) is 3.19. The van der Waals surface area contributed by atoms with Crippen molar-refractivity contribution in [3.05, 3.63) is 64.2 Å². The number of pyridine rings is 1. The Balaban J connectivity index is 1.52. The van der Waals surface area contributed by atoms with Gasteiger partial charge in [0.1, 0.15) is 0 Å². The van der Waals surface area contributed by atoms with Gasteiger partial charge in [-0.1, -0.05) is 38.1 Å². The van der Waals surface area contributed by atoms with Gasteiger partial charge in [-0.25, -0.2) is 9.78 Å². The Morgan fingerprint density at radius 3 is 2.69 bits per heavy atom. The van der Waals surface area contributed by atoms with Crippen LogP contribution in [0.25, 0.3) is 11.2 Å². The molecule has 1 aliphatic rings. The van der Waals surface area contributed by atoms with Crippen molar-refractivity contribution in [3.63, 3.8) is 0 Å². The summed E-state index contributed by atoms with van der Waals surface area (Å²) in [5.74, 6) is 0.561. The van der Waals surface area contributed by atoms with Crippen LogP contribution >= 0.6 is 0 Å². The van der Waals surface area contributed by atoms with Crippen LogP contribution in [0.3, 0.4) is 0 Å². The van der Waals surface area contributed by atoms with Crippen LogP contribution in [0.5, 0.6) is 0 Å². The largest absolute Gasteiger partial charge is 0.330 e. The van der Waals surface area contributed by atoms with Crippen LogP contribution < -0.4 is 5.69 Å². The molecule has 0 saturated carbocycles. The molecule has 0 amide bonds. The Bertz CT molecular complexity index is 968. The lowest BCUT2D eigenvalue weighted by Gasteiger charge is -2.17. The summed E-state index contributed by atoms with van der Waals surface area (Å²) in [7, 11) is 1.83. The fraction of sp³-hybridized carbons (Fsp3) is 0.429. The second-order valence-electron chi connectivity index (χ2n) is 7.63. The number of hydrogen-bond acceptors (Lipinski definition) is 3. The summed E-state index contributed by atoms with van der Waals surface area (Å²) >= 11 is 0. The van der Waals surface area contributed by atoms with Crippen molar-refractivity contribution in [3.8, 4) is 0 Å². The number of rotatable bonds is 4. The second kappa shape index (κ2) is 6.72. The molecule has 4 rings (SSSR count). The molecule has 1 atom stereocenters. The number of hydrogen-bond donors (Lipinski definition) is 0. The molecule has 0 N–H and O–H groups in total. The van der Waals surface area contributed by atoms with Crippen LogP contribution in [0.1, 0.15) is 43.4 Å². The molecular formula is C21H26N4O. The fourth-order valence-corrected chi connectivity index (χ4v) is 3.95. The zero-order valence-electron chi connectivity index (χ0n) is 15.7. The van der Waals surface area contributed by atoms with E-state index in [1.54, 1.807) is 10.8 Å². The first-order chi connectivity index (χ1) is 12.5. The van der Waals surface area contributed by atoms with Gasteiger partial charge >= 0.3 is 5.69 Å². The number of aryl methyl sites for hydroxylation is 1. The maximum atomic E-state index is 12.7. The lowest BCUT2D eigenvalue weighted by molar-refractivity contribution is 0.316. The van der Waals surface area contributed by atoms with Gasteiger partial charge in [0.05, 0.1) is 11.6 Å². The number of aromatic nitrogens is 3. The van der Waals surface area contributed by atoms with Gasteiger partial charge in [0, 0.05) is 32.9 Å². The average molecular weight is 350 g/mol. The van der Waals surface area contributed by atoms with Crippen LogP contribution in [-0.4, -0.2) is 32.1 Å². The molecule has 0 aliphatic carbocycles. The van der Waals surface area contributed by atoms with Crippen molar-refractivity contribution in [1.82, 2.24) is 19.0 Å². The second-order valence-corrected chi connectivity index (χ2v) is 7.63. The van der Waals surface area contributed by atoms with Crippen molar-refractivity contribution in [1.29, 1.82) is 0 Å². The van der Waals surface area contributed by atoms with Crippen molar-refractivity contribution in [2.45, 2.75) is 38.8 Å². The van der Waals surface area contributed by atoms with E-state index >= 15 is 0 Å². The molecule has 5 heteroatoms. The summed E-state index contributed by atoms with van der Waals surface area (Å²) < 4.78 is 3.59. The number of nitrogens with zero attached hydrogens (tertiary/aromatic N) is 4. The summed E-state index contributed by atoms with van der Waals surface area (Å²) in [5.41, 5.74) is 4.44. The Hall–Kier alpha value is -2.40. The maximum Gasteiger partial charge on any atom is 0.330 e. The quantitative estimate of drug-likeness (QED) is 0.725. The molecule has 5 nitrogen and oxygen atoms in total. The van der Waals surface area contributed by atoms with Gasteiger partial charge in [0.2, 0.25) is 0 Å². The minimum atomic E-state index is 0.0341. The lowest BCUT2D eigenvalue weighted by Crippen LogP contribution is -2.28. The third kappa shape index (κ3) is 2.97. The number of benzene rings is 1. The topological polar surface area (TPSA) is 43.1 Å². The third-order valence-corrected chi connectivity index (χ3v) is 5.51. The van der Waals surface area contributed by atoms with Gasteiger partial charge in [-0.3, -0.25) is 14.0 Å². The van der Waals surface area contributed by atoms with E-state index in [1.165, 1.54) is 11.1 Å². The first kappa shape index (κ1) is 17.0. The highest BCUT2D eigenvalue weighted by Crippen LogP contribution is 2.25. The van der Waals surface area contributed by atoms with Crippen LogP contribution in [0.2, 0.25) is 0 Å². The zero-order chi connectivity index (χ0) is 18.3. The van der Waals surface area contributed by atoms with Gasteiger partial charge < -0.3 is 0 Å². The van der Waals surface area contributed by atoms with Gasteiger partial charge in [-0.05, 0) is 35.6 Å². The summed E-state index contributed by atoms with van der Waals surface area (Å²) in [6.07, 6.45) is 2.75. The van der Waals surface area contributed by atoms with E-state index in [9.17, 15) is 4.79 Å². The lowest BCUT2D eigenvalue weighted by atomic mass is 10.0. The molecular weight excluding hydrogens is 324 g/mol. The zero-order valence-corrected chi connectivity index (χ0v) is 15.7. The normalized spacial score (nSPS) is 18.2. The first-order valence-corrected chi connectivity index (χ1v) is 9.37. The predicted octanol–water partition coefficient (Wildman–Crippen LogP) is 3.31. The smallest absolute Gasteiger partial charge is 0.297 e. The van der Waals surface area contributed by atoms with Crippen LogP contribution in [-0.2, 0) is 13.6 Å². The Morgan fingerprint density at radius 2 is 1.96 bits per heavy atom. The van der Waals surface area contributed by atoms with Gasteiger partial charge in [0.15, 0.2) is 5.65 Å². The first-order valence-electron chi connectivity index (χ1n) is 9.37. The highest BCUT2D eigenvalue weighted by atomic mass is 16.1. The molecule has 1 saturated heterocycles. The molecule has 136 valence electrons. The third-order valence-electron chi connectivity index (χ3n) is 5.51. The summed E-state index contributed by atoms with van der Waals surface area (Å²) in [5, 5.41) is 0. The van der Waals surface area contributed by atoms with E-state index < -0.39 is 0 Å². The molecule has 0 bridgehead atoms. The SMILES string of the molecule is CC(C)c1ccc(CN2CC[C@@H](n3c(=O)n(C)c4cccnc43)C2)cc1. The highest BCUT2D eigenvalue weighted by Gasteiger charge is 2.27. The molecule has 0 unspecified atom stereocenters.